The van der Waals surface area contributed by atoms with E-state index in [1.54, 1.807) is 0 Å². The second-order valence-electron chi connectivity index (χ2n) is 4.06. The number of halogens is 3. The van der Waals surface area contributed by atoms with Gasteiger partial charge in [0.1, 0.15) is 0 Å². The van der Waals surface area contributed by atoms with Crippen LogP contribution >= 0.6 is 0 Å². The van der Waals surface area contributed by atoms with E-state index >= 15 is 0 Å². The Labute approximate surface area is 78.3 Å². The lowest BCUT2D eigenvalue weighted by atomic mass is 10.1. The molecule has 0 aliphatic rings. The number of rotatable bonds is 3. The zero-order valence-electron chi connectivity index (χ0n) is 7.96. The fourth-order valence-corrected chi connectivity index (χ4v) is 0.901. The van der Waals surface area contributed by atoms with E-state index in [9.17, 15) is 18.0 Å². The summed E-state index contributed by atoms with van der Waals surface area (Å²) in [5.74, 6) is -1.85. The van der Waals surface area contributed by atoms with E-state index in [4.69, 9.17) is 0 Å². The molecular weight excluding hydrogens is 199 g/mol. The van der Waals surface area contributed by atoms with Crippen LogP contribution in [0.2, 0.25) is 5.04 Å². The Kier molecular flexibility index (Phi) is 3.96. The van der Waals surface area contributed by atoms with Crippen molar-refractivity contribution in [2.45, 2.75) is 31.5 Å². The summed E-state index contributed by atoms with van der Waals surface area (Å²) in [4.78, 5) is 10.3. The van der Waals surface area contributed by atoms with Gasteiger partial charge in [-0.15, -0.1) is 0 Å². The maximum Gasteiger partial charge on any atom is 0.471 e. The number of amides is 1. The molecule has 0 unspecified atom stereocenters. The van der Waals surface area contributed by atoms with Gasteiger partial charge in [0.25, 0.3) is 0 Å². The standard InChI is InChI=1S/C7H14F3NOSi/c1-6(2,13)3-4-11-5(12)7(8,9)10/h3-4H2,1-2,13H3,(H,11,12). The Balaban J connectivity index is 3.74. The highest BCUT2D eigenvalue weighted by Gasteiger charge is 2.38. The molecule has 0 fully saturated rings. The first kappa shape index (κ1) is 12.5. The van der Waals surface area contributed by atoms with Crippen LogP contribution in [0.15, 0.2) is 0 Å². The van der Waals surface area contributed by atoms with Gasteiger partial charge in [0, 0.05) is 16.8 Å². The summed E-state index contributed by atoms with van der Waals surface area (Å²) in [6.07, 6.45) is -4.17. The van der Waals surface area contributed by atoms with Crippen LogP contribution in [-0.4, -0.2) is 28.9 Å². The van der Waals surface area contributed by atoms with Gasteiger partial charge in [-0.1, -0.05) is 13.8 Å². The predicted octanol–water partition coefficient (Wildman–Crippen LogP) is 0.619. The van der Waals surface area contributed by atoms with Crippen LogP contribution in [0.5, 0.6) is 0 Å². The number of alkyl halides is 3. The molecule has 0 bridgehead atoms. The highest BCUT2D eigenvalue weighted by Crippen LogP contribution is 2.22. The number of carbonyl (C=O) groups excluding carboxylic acids is 1. The molecule has 1 amide bonds. The summed E-state index contributed by atoms with van der Waals surface area (Å²) in [6.45, 7) is 4.01. The third kappa shape index (κ3) is 6.62. The van der Waals surface area contributed by atoms with Gasteiger partial charge in [-0.3, -0.25) is 4.79 Å². The largest absolute Gasteiger partial charge is 0.471 e. The second-order valence-corrected chi connectivity index (χ2v) is 6.77. The zero-order chi connectivity index (χ0) is 10.7. The molecule has 0 saturated carbocycles. The van der Waals surface area contributed by atoms with Crippen LogP contribution in [0, 0.1) is 0 Å². The van der Waals surface area contributed by atoms with Gasteiger partial charge in [-0.05, 0) is 11.5 Å². The van der Waals surface area contributed by atoms with Crippen LogP contribution in [0.25, 0.3) is 0 Å². The monoisotopic (exact) mass is 213 g/mol. The minimum absolute atomic E-state index is 0.0683. The Morgan fingerprint density at radius 2 is 1.85 bits per heavy atom. The first-order valence-corrected chi connectivity index (χ1v) is 4.98. The molecule has 0 aromatic heterocycles. The van der Waals surface area contributed by atoms with Gasteiger partial charge in [-0.2, -0.15) is 13.2 Å². The molecule has 6 heteroatoms. The molecule has 0 radical (unpaired) electrons. The van der Waals surface area contributed by atoms with Gasteiger partial charge >= 0.3 is 12.1 Å². The molecule has 2 nitrogen and oxygen atoms in total. The molecule has 78 valence electrons. The van der Waals surface area contributed by atoms with Crippen molar-refractivity contribution < 1.29 is 18.0 Å². The summed E-state index contributed by atoms with van der Waals surface area (Å²) in [5.41, 5.74) is 0. The van der Waals surface area contributed by atoms with E-state index in [0.717, 1.165) is 10.2 Å². The smallest absolute Gasteiger partial charge is 0.348 e. The quantitative estimate of drug-likeness (QED) is 0.684. The van der Waals surface area contributed by atoms with E-state index in [2.05, 4.69) is 0 Å². The lowest BCUT2D eigenvalue weighted by molar-refractivity contribution is -0.173. The molecule has 0 aliphatic heterocycles. The van der Waals surface area contributed by atoms with Crippen molar-refractivity contribution in [3.63, 3.8) is 0 Å². The SMILES string of the molecule is CC(C)([SiH3])CCNC(=O)C(F)(F)F. The normalized spacial score (nSPS) is 13.0. The van der Waals surface area contributed by atoms with Crippen molar-refractivity contribution in [1.29, 1.82) is 0 Å². The third-order valence-electron chi connectivity index (χ3n) is 1.42. The van der Waals surface area contributed by atoms with Crippen LogP contribution in [-0.2, 0) is 4.79 Å². The number of nitrogens with one attached hydrogen (secondary N) is 1. The number of carbonyl (C=O) groups is 1. The molecule has 0 aromatic rings. The van der Waals surface area contributed by atoms with E-state index < -0.39 is 12.1 Å². The molecule has 0 heterocycles. The van der Waals surface area contributed by atoms with Crippen LogP contribution in [0.3, 0.4) is 0 Å². The average molecular weight is 213 g/mol. The molecule has 0 aromatic carbocycles. The van der Waals surface area contributed by atoms with E-state index in [1.165, 1.54) is 0 Å². The van der Waals surface area contributed by atoms with Crippen LogP contribution in [0.1, 0.15) is 20.3 Å². The van der Waals surface area contributed by atoms with Crippen molar-refractivity contribution in [2.75, 3.05) is 6.54 Å². The van der Waals surface area contributed by atoms with Gasteiger partial charge < -0.3 is 5.32 Å². The number of hydrogen-bond acceptors (Lipinski definition) is 1. The first-order valence-electron chi connectivity index (χ1n) is 3.98. The predicted molar refractivity (Wildman–Crippen MR) is 47.7 cm³/mol. The minimum atomic E-state index is -4.75. The lowest BCUT2D eigenvalue weighted by Crippen LogP contribution is -2.37. The molecule has 0 spiro atoms. The van der Waals surface area contributed by atoms with E-state index in [1.807, 2.05) is 19.2 Å². The van der Waals surface area contributed by atoms with Crippen molar-refractivity contribution in [2.24, 2.45) is 0 Å². The van der Waals surface area contributed by atoms with Crippen molar-refractivity contribution >= 4 is 16.1 Å². The highest BCUT2D eigenvalue weighted by atomic mass is 28.1. The fourth-order valence-electron chi connectivity index (χ4n) is 0.651. The number of hydrogen-bond donors (Lipinski definition) is 1. The fraction of sp³-hybridized carbons (Fsp3) is 0.857. The summed E-state index contributed by atoms with van der Waals surface area (Å²) in [7, 11) is 0.895. The Bertz CT molecular complexity index is 185. The molecule has 13 heavy (non-hydrogen) atoms. The van der Waals surface area contributed by atoms with Crippen molar-refractivity contribution in [3.05, 3.63) is 0 Å². The highest BCUT2D eigenvalue weighted by molar-refractivity contribution is 6.14. The van der Waals surface area contributed by atoms with Crippen molar-refractivity contribution in [1.82, 2.24) is 5.32 Å². The van der Waals surface area contributed by atoms with Crippen LogP contribution in [0.4, 0.5) is 13.2 Å². The summed E-state index contributed by atoms with van der Waals surface area (Å²) < 4.78 is 35.0. The molecule has 0 rings (SSSR count). The Hall–Kier alpha value is -0.523. The van der Waals surface area contributed by atoms with Gasteiger partial charge in [0.2, 0.25) is 0 Å². The molecule has 0 aliphatic carbocycles. The lowest BCUT2D eigenvalue weighted by Gasteiger charge is -2.18. The van der Waals surface area contributed by atoms with Crippen molar-refractivity contribution in [3.8, 4) is 0 Å². The van der Waals surface area contributed by atoms with E-state index in [0.29, 0.717) is 6.42 Å². The average Bonchev–Trinajstić information content (AvgIpc) is 1.82. The van der Waals surface area contributed by atoms with E-state index in [-0.39, 0.29) is 11.6 Å². The Morgan fingerprint density at radius 3 is 2.15 bits per heavy atom. The molecule has 1 N–H and O–H groups in total. The maximum absolute atomic E-state index is 11.7. The van der Waals surface area contributed by atoms with Gasteiger partial charge in [0.15, 0.2) is 0 Å². The zero-order valence-corrected chi connectivity index (χ0v) is 9.96. The van der Waals surface area contributed by atoms with Gasteiger partial charge in [-0.25, -0.2) is 0 Å². The maximum atomic E-state index is 11.7. The molecular formula is C7H14F3NOSi. The molecule has 0 atom stereocenters. The summed E-state index contributed by atoms with van der Waals surface area (Å²) in [6, 6.07) is 0. The topological polar surface area (TPSA) is 29.1 Å². The molecule has 0 saturated heterocycles. The first-order chi connectivity index (χ1) is 5.63. The second kappa shape index (κ2) is 4.12. The third-order valence-corrected chi connectivity index (χ3v) is 1.92. The van der Waals surface area contributed by atoms with Crippen LogP contribution < -0.4 is 5.32 Å². The minimum Gasteiger partial charge on any atom is -0.348 e. The van der Waals surface area contributed by atoms with Gasteiger partial charge in [0.05, 0.1) is 0 Å². The Morgan fingerprint density at radius 1 is 1.38 bits per heavy atom. The summed E-state index contributed by atoms with van der Waals surface area (Å²) >= 11 is 0. The summed E-state index contributed by atoms with van der Waals surface area (Å²) in [5, 5.41) is 1.91.